The Balaban J connectivity index is 1.86. The normalized spacial score (nSPS) is 12.9. The van der Waals surface area contributed by atoms with Gasteiger partial charge < -0.3 is 14.4 Å². The van der Waals surface area contributed by atoms with E-state index in [2.05, 4.69) is 21.7 Å². The third kappa shape index (κ3) is 3.80. The van der Waals surface area contributed by atoms with Crippen LogP contribution in [0, 0.1) is 5.82 Å². The van der Waals surface area contributed by atoms with Gasteiger partial charge in [0.15, 0.2) is 0 Å². The Labute approximate surface area is 197 Å². The molecule has 0 spiro atoms. The fourth-order valence-electron chi connectivity index (χ4n) is 4.58. The maximum Gasteiger partial charge on any atom is 0.335 e. The number of carboxylic acid groups (broad SMARTS) is 1. The lowest BCUT2D eigenvalue weighted by Gasteiger charge is -2.25. The van der Waals surface area contributed by atoms with Gasteiger partial charge in [0.25, 0.3) is 0 Å². The van der Waals surface area contributed by atoms with Crippen LogP contribution in [0.3, 0.4) is 0 Å². The fourth-order valence-corrected chi connectivity index (χ4v) is 4.58. The number of halogens is 1. The molecule has 0 unspecified atom stereocenters. The highest BCUT2D eigenvalue weighted by atomic mass is 19.1. The lowest BCUT2D eigenvalue weighted by atomic mass is 9.93. The van der Waals surface area contributed by atoms with Gasteiger partial charge in [-0.05, 0) is 79.1 Å². The number of ether oxygens (including phenoxy) is 1. The van der Waals surface area contributed by atoms with Crippen molar-refractivity contribution in [2.45, 2.75) is 32.4 Å². The summed E-state index contributed by atoms with van der Waals surface area (Å²) >= 11 is 0. The molecule has 1 aliphatic heterocycles. The number of carbonyl (C=O) groups is 1. The van der Waals surface area contributed by atoms with Gasteiger partial charge in [0, 0.05) is 42.1 Å². The monoisotopic (exact) mass is 456 g/mol. The van der Waals surface area contributed by atoms with Gasteiger partial charge in [-0.25, -0.2) is 9.18 Å². The van der Waals surface area contributed by atoms with Crippen LogP contribution in [-0.2, 0) is 17.7 Å². The van der Waals surface area contributed by atoms with Crippen LogP contribution in [0.5, 0.6) is 0 Å². The number of carboxylic acids is 1. The van der Waals surface area contributed by atoms with Crippen molar-refractivity contribution < 1.29 is 19.0 Å². The Morgan fingerprint density at radius 3 is 2.47 bits per heavy atom. The van der Waals surface area contributed by atoms with Gasteiger partial charge in [0.05, 0.1) is 23.2 Å². The number of hydrogen-bond acceptors (Lipinski definition) is 3. The molecule has 0 saturated carbocycles. The number of methoxy groups -OCH3 is 1. The van der Waals surface area contributed by atoms with Crippen LogP contribution in [0.2, 0.25) is 0 Å². The molecule has 0 amide bonds. The predicted molar refractivity (Wildman–Crippen MR) is 132 cm³/mol. The van der Waals surface area contributed by atoms with Crippen molar-refractivity contribution in [3.8, 4) is 16.8 Å². The van der Waals surface area contributed by atoms with Crippen molar-refractivity contribution in [2.24, 2.45) is 4.99 Å². The summed E-state index contributed by atoms with van der Waals surface area (Å²) in [5.74, 6) is -1.26. The first-order chi connectivity index (χ1) is 16.3. The topological polar surface area (TPSA) is 63.8 Å². The molecule has 1 aromatic heterocycles. The van der Waals surface area contributed by atoms with E-state index in [9.17, 15) is 14.3 Å². The first-order valence-corrected chi connectivity index (χ1v) is 11.1. The minimum atomic E-state index is -0.962. The molecule has 0 atom stereocenters. The van der Waals surface area contributed by atoms with Gasteiger partial charge in [-0.15, -0.1) is 0 Å². The van der Waals surface area contributed by atoms with Crippen molar-refractivity contribution in [1.29, 1.82) is 0 Å². The quantitative estimate of drug-likeness (QED) is 0.385. The molecule has 0 aliphatic carbocycles. The molecule has 2 heterocycles. The average molecular weight is 457 g/mol. The number of nitrogens with zero attached hydrogens (tertiary/aromatic N) is 2. The van der Waals surface area contributed by atoms with Crippen LogP contribution in [0.25, 0.3) is 27.7 Å². The summed E-state index contributed by atoms with van der Waals surface area (Å²) in [5, 5.41) is 10.4. The third-order valence-electron chi connectivity index (χ3n) is 6.47. The molecule has 0 saturated heterocycles. The van der Waals surface area contributed by atoms with Crippen LogP contribution in [-0.4, -0.2) is 34.6 Å². The number of fused-ring (bicyclic) bond motifs is 2. The van der Waals surface area contributed by atoms with Gasteiger partial charge in [0.1, 0.15) is 5.82 Å². The van der Waals surface area contributed by atoms with Crippen molar-refractivity contribution in [3.63, 3.8) is 0 Å². The Morgan fingerprint density at radius 2 is 1.82 bits per heavy atom. The lowest BCUT2D eigenvalue weighted by Crippen LogP contribution is -2.27. The Morgan fingerprint density at radius 1 is 1.12 bits per heavy atom. The van der Waals surface area contributed by atoms with Crippen molar-refractivity contribution in [1.82, 2.24) is 4.57 Å². The van der Waals surface area contributed by atoms with E-state index in [0.29, 0.717) is 13.0 Å². The molecule has 172 valence electrons. The van der Waals surface area contributed by atoms with E-state index in [4.69, 9.17) is 4.74 Å². The number of benzene rings is 3. The molecule has 0 bridgehead atoms. The van der Waals surface area contributed by atoms with Crippen LogP contribution in [0.1, 0.15) is 41.0 Å². The van der Waals surface area contributed by atoms with E-state index >= 15 is 0 Å². The van der Waals surface area contributed by atoms with E-state index in [1.807, 2.05) is 32.2 Å². The first-order valence-electron chi connectivity index (χ1n) is 11.1. The molecular formula is C28H25FN2O3. The predicted octanol–water partition coefficient (Wildman–Crippen LogP) is 6.03. The van der Waals surface area contributed by atoms with Gasteiger partial charge in [-0.1, -0.05) is 12.1 Å². The Kier molecular flexibility index (Phi) is 5.33. The van der Waals surface area contributed by atoms with Crippen molar-refractivity contribution in [2.75, 3.05) is 7.11 Å². The molecular weight excluding hydrogens is 431 g/mol. The summed E-state index contributed by atoms with van der Waals surface area (Å²) in [5.41, 5.74) is 6.74. The summed E-state index contributed by atoms with van der Waals surface area (Å²) in [7, 11) is 1.69. The van der Waals surface area contributed by atoms with Gasteiger partial charge in [-0.2, -0.15) is 0 Å². The van der Waals surface area contributed by atoms with Crippen molar-refractivity contribution >= 4 is 23.1 Å². The van der Waals surface area contributed by atoms with Crippen LogP contribution in [0.4, 0.5) is 4.39 Å². The average Bonchev–Trinajstić information content (AvgIpc) is 3.39. The zero-order chi connectivity index (χ0) is 24.0. The van der Waals surface area contributed by atoms with Gasteiger partial charge in [0.2, 0.25) is 0 Å². The maximum absolute atomic E-state index is 13.8. The summed E-state index contributed by atoms with van der Waals surface area (Å²) in [6, 6.07) is 17.7. The van der Waals surface area contributed by atoms with Gasteiger partial charge >= 0.3 is 5.97 Å². The SMILES string of the molecule is COC(C)(C)Cc1c(-c2ccc(C(=O)O)cc2)c2cc3c(cc2n1-c1ccc(F)cc1)C=NC3. The second kappa shape index (κ2) is 8.22. The fraction of sp³-hybridized carbons (Fsp3) is 0.214. The minimum absolute atomic E-state index is 0.235. The Hall–Kier alpha value is -3.77. The van der Waals surface area contributed by atoms with Crippen LogP contribution >= 0.6 is 0 Å². The highest BCUT2D eigenvalue weighted by Crippen LogP contribution is 2.41. The second-order valence-electron chi connectivity index (χ2n) is 9.19. The third-order valence-corrected chi connectivity index (χ3v) is 6.47. The maximum atomic E-state index is 13.8. The van der Waals surface area contributed by atoms with Gasteiger partial charge in [-0.3, -0.25) is 4.99 Å². The molecule has 6 heteroatoms. The number of rotatable bonds is 6. The number of aliphatic imine (C=N–C) groups is 1. The molecule has 0 radical (unpaired) electrons. The molecule has 5 nitrogen and oxygen atoms in total. The standard InChI is InChI=1S/C28H25FN2O3/c1-28(2,34-3)14-25-26(17-4-6-18(7-5-17)27(32)33)23-12-19-15-30-16-20(19)13-24(23)31(25)22-10-8-21(29)9-11-22/h4-13,16H,14-15H2,1-3H3,(H,32,33). The number of aromatic nitrogens is 1. The molecule has 1 N–H and O–H groups in total. The van der Waals surface area contributed by atoms with E-state index in [0.717, 1.165) is 44.5 Å². The second-order valence-corrected chi connectivity index (χ2v) is 9.19. The molecule has 0 fully saturated rings. The molecule has 1 aliphatic rings. The highest BCUT2D eigenvalue weighted by molar-refractivity contribution is 6.03. The largest absolute Gasteiger partial charge is 0.478 e. The molecule has 4 aromatic rings. The minimum Gasteiger partial charge on any atom is -0.478 e. The van der Waals surface area contributed by atoms with E-state index in [1.165, 1.54) is 12.1 Å². The van der Waals surface area contributed by atoms with E-state index in [-0.39, 0.29) is 11.4 Å². The van der Waals surface area contributed by atoms with Crippen LogP contribution in [0.15, 0.2) is 65.7 Å². The van der Waals surface area contributed by atoms with E-state index < -0.39 is 11.6 Å². The molecule has 3 aromatic carbocycles. The molecule has 5 rings (SSSR count). The van der Waals surface area contributed by atoms with Crippen LogP contribution < -0.4 is 0 Å². The summed E-state index contributed by atoms with van der Waals surface area (Å²) in [4.78, 5) is 15.9. The first kappa shape index (κ1) is 22.0. The highest BCUT2D eigenvalue weighted by Gasteiger charge is 2.27. The number of hydrogen-bond donors (Lipinski definition) is 1. The Bertz CT molecular complexity index is 1430. The zero-order valence-electron chi connectivity index (χ0n) is 19.3. The smallest absolute Gasteiger partial charge is 0.335 e. The summed E-state index contributed by atoms with van der Waals surface area (Å²) < 4.78 is 21.8. The van der Waals surface area contributed by atoms with Crippen molar-refractivity contribution in [3.05, 3.63) is 88.9 Å². The molecule has 34 heavy (non-hydrogen) atoms. The lowest BCUT2D eigenvalue weighted by molar-refractivity contribution is 0.0223. The summed E-state index contributed by atoms with van der Waals surface area (Å²) in [6.07, 6.45) is 2.47. The summed E-state index contributed by atoms with van der Waals surface area (Å²) in [6.45, 7) is 4.69. The van der Waals surface area contributed by atoms with E-state index in [1.54, 1.807) is 31.4 Å². The number of aromatic carboxylic acids is 1. The zero-order valence-corrected chi connectivity index (χ0v) is 19.3.